The van der Waals surface area contributed by atoms with Crippen LogP contribution >= 0.6 is 0 Å². The van der Waals surface area contributed by atoms with Crippen molar-refractivity contribution in [1.82, 2.24) is 0 Å². The van der Waals surface area contributed by atoms with E-state index >= 15 is 0 Å². The third-order valence-electron chi connectivity index (χ3n) is 5.17. The molecule has 9 heteroatoms. The van der Waals surface area contributed by atoms with Crippen LogP contribution in [0.4, 0.5) is 17.1 Å². The molecule has 0 unspecified atom stereocenters. The van der Waals surface area contributed by atoms with Gasteiger partial charge in [0.25, 0.3) is 5.69 Å². The van der Waals surface area contributed by atoms with Gasteiger partial charge in [-0.2, -0.15) is 0 Å². The molecule has 3 aromatic rings. The van der Waals surface area contributed by atoms with Gasteiger partial charge in [0.15, 0.2) is 0 Å². The Morgan fingerprint density at radius 1 is 1.00 bits per heavy atom. The van der Waals surface area contributed by atoms with Gasteiger partial charge in [0.05, 0.1) is 16.4 Å². The summed E-state index contributed by atoms with van der Waals surface area (Å²) < 4.78 is 5.30. The summed E-state index contributed by atoms with van der Waals surface area (Å²) >= 11 is 0. The van der Waals surface area contributed by atoms with E-state index in [-0.39, 0.29) is 41.8 Å². The summed E-state index contributed by atoms with van der Waals surface area (Å²) in [6.45, 7) is 0.274. The first-order valence-corrected chi connectivity index (χ1v) is 10.1. The van der Waals surface area contributed by atoms with Gasteiger partial charge in [0.1, 0.15) is 5.75 Å². The third kappa shape index (κ3) is 5.04. The summed E-state index contributed by atoms with van der Waals surface area (Å²) in [4.78, 5) is 49.3. The number of carbonyl (C=O) groups is 3. The molecule has 1 heterocycles. The first kappa shape index (κ1) is 21.7. The van der Waals surface area contributed by atoms with Crippen LogP contribution in [-0.4, -0.2) is 29.3 Å². The number of nitrogens with zero attached hydrogens (tertiary/aromatic N) is 2. The van der Waals surface area contributed by atoms with E-state index in [0.717, 1.165) is 11.8 Å². The number of nitro groups is 1. The van der Waals surface area contributed by atoms with E-state index in [0.29, 0.717) is 5.69 Å². The fraction of sp³-hybridized carbons (Fsp3) is 0.125. The number of hydrogen-bond donors (Lipinski definition) is 1. The van der Waals surface area contributed by atoms with Gasteiger partial charge in [-0.15, -0.1) is 0 Å². The van der Waals surface area contributed by atoms with E-state index in [4.69, 9.17) is 4.74 Å². The Kier molecular flexibility index (Phi) is 6.12. The quantitative estimate of drug-likeness (QED) is 0.267. The van der Waals surface area contributed by atoms with E-state index in [2.05, 4.69) is 5.32 Å². The minimum Gasteiger partial charge on any atom is -0.423 e. The van der Waals surface area contributed by atoms with Gasteiger partial charge in [-0.1, -0.05) is 30.3 Å². The molecule has 0 aromatic heterocycles. The maximum absolute atomic E-state index is 12.7. The number of amides is 2. The van der Waals surface area contributed by atoms with Crippen LogP contribution < -0.4 is 15.0 Å². The number of ether oxygens (including phenoxy) is 1. The maximum Gasteiger partial charge on any atom is 0.343 e. The first-order valence-electron chi connectivity index (χ1n) is 10.1. The van der Waals surface area contributed by atoms with Crippen molar-refractivity contribution in [3.8, 4) is 5.75 Å². The highest BCUT2D eigenvalue weighted by Crippen LogP contribution is 2.26. The predicted molar refractivity (Wildman–Crippen MR) is 120 cm³/mol. The molecule has 0 aliphatic carbocycles. The maximum atomic E-state index is 12.7. The zero-order valence-electron chi connectivity index (χ0n) is 17.3. The Hall–Kier alpha value is -4.53. The van der Waals surface area contributed by atoms with Gasteiger partial charge < -0.3 is 15.0 Å². The third-order valence-corrected chi connectivity index (χ3v) is 5.17. The lowest BCUT2D eigenvalue weighted by Crippen LogP contribution is -2.28. The Morgan fingerprint density at radius 3 is 2.52 bits per heavy atom. The lowest BCUT2D eigenvalue weighted by atomic mass is 10.1. The molecule has 0 spiro atoms. The SMILES string of the molecule is O=C(Oc1cccc(NC(=O)[C@@H]2CC(=O)N(c3ccccc3)C2)c1)c1cccc([N+](=O)[O-])c1. The van der Waals surface area contributed by atoms with Crippen LogP contribution in [0, 0.1) is 16.0 Å². The van der Waals surface area contributed by atoms with Crippen LogP contribution in [-0.2, 0) is 9.59 Å². The summed E-state index contributed by atoms with van der Waals surface area (Å²) in [6.07, 6.45) is 0.0994. The van der Waals surface area contributed by atoms with Crippen LogP contribution in [0.15, 0.2) is 78.9 Å². The van der Waals surface area contributed by atoms with Gasteiger partial charge in [0, 0.05) is 42.5 Å². The molecular weight excluding hydrogens is 426 g/mol. The number of non-ortho nitro benzene ring substituents is 1. The molecule has 4 rings (SSSR count). The molecule has 1 N–H and O–H groups in total. The second kappa shape index (κ2) is 9.31. The predicted octanol–water partition coefficient (Wildman–Crippen LogP) is 3.81. The van der Waals surface area contributed by atoms with E-state index < -0.39 is 16.8 Å². The molecule has 1 aliphatic rings. The summed E-state index contributed by atoms with van der Waals surface area (Å²) in [5.41, 5.74) is 0.952. The van der Waals surface area contributed by atoms with Crippen LogP contribution in [0.3, 0.4) is 0 Å². The van der Waals surface area contributed by atoms with Crippen LogP contribution in [0.1, 0.15) is 16.8 Å². The van der Waals surface area contributed by atoms with E-state index in [1.807, 2.05) is 30.3 Å². The Bertz CT molecular complexity index is 1230. The van der Waals surface area contributed by atoms with E-state index in [1.54, 1.807) is 17.0 Å². The summed E-state index contributed by atoms with van der Waals surface area (Å²) in [7, 11) is 0. The number of nitro benzene ring substituents is 1. The molecule has 9 nitrogen and oxygen atoms in total. The fourth-order valence-electron chi connectivity index (χ4n) is 3.53. The number of para-hydroxylation sites is 1. The standard InChI is InChI=1S/C24H19N3O6/c28-22-13-17(15-26(22)19-8-2-1-3-9-19)23(29)25-18-7-5-11-21(14-18)33-24(30)16-6-4-10-20(12-16)27(31)32/h1-12,14,17H,13,15H2,(H,25,29)/t17-/m1/s1. The molecule has 1 aliphatic heterocycles. The highest BCUT2D eigenvalue weighted by Gasteiger charge is 2.35. The highest BCUT2D eigenvalue weighted by molar-refractivity contribution is 6.03. The van der Waals surface area contributed by atoms with Gasteiger partial charge >= 0.3 is 5.97 Å². The molecule has 1 saturated heterocycles. The van der Waals surface area contributed by atoms with E-state index in [9.17, 15) is 24.5 Å². The first-order chi connectivity index (χ1) is 15.9. The van der Waals surface area contributed by atoms with Gasteiger partial charge in [0.2, 0.25) is 11.8 Å². The number of nitrogens with one attached hydrogen (secondary N) is 1. The molecule has 2 amide bonds. The number of esters is 1. The van der Waals surface area contributed by atoms with Crippen molar-refractivity contribution in [2.45, 2.75) is 6.42 Å². The van der Waals surface area contributed by atoms with Crippen molar-refractivity contribution in [2.75, 3.05) is 16.8 Å². The normalized spacial score (nSPS) is 15.2. The van der Waals surface area contributed by atoms with Crippen molar-refractivity contribution >= 4 is 34.8 Å². The van der Waals surface area contributed by atoms with Gasteiger partial charge in [-0.05, 0) is 30.3 Å². The Labute approximate surface area is 188 Å². The monoisotopic (exact) mass is 445 g/mol. The number of rotatable bonds is 6. The van der Waals surface area contributed by atoms with Crippen LogP contribution in [0.25, 0.3) is 0 Å². The molecule has 166 valence electrons. The van der Waals surface area contributed by atoms with Crippen LogP contribution in [0.2, 0.25) is 0 Å². The van der Waals surface area contributed by atoms with Crippen LogP contribution in [0.5, 0.6) is 5.75 Å². The zero-order valence-corrected chi connectivity index (χ0v) is 17.3. The largest absolute Gasteiger partial charge is 0.423 e. The summed E-state index contributed by atoms with van der Waals surface area (Å²) in [5, 5.41) is 13.7. The second-order valence-corrected chi connectivity index (χ2v) is 7.45. The lowest BCUT2D eigenvalue weighted by Gasteiger charge is -2.16. The van der Waals surface area contributed by atoms with Gasteiger partial charge in [-0.25, -0.2) is 4.79 Å². The molecule has 1 atom stereocenters. The van der Waals surface area contributed by atoms with Crippen molar-refractivity contribution in [3.05, 3.63) is 94.5 Å². The lowest BCUT2D eigenvalue weighted by molar-refractivity contribution is -0.384. The van der Waals surface area contributed by atoms with Crippen molar-refractivity contribution in [3.63, 3.8) is 0 Å². The average Bonchev–Trinajstić information content (AvgIpc) is 3.22. The zero-order chi connectivity index (χ0) is 23.4. The highest BCUT2D eigenvalue weighted by atomic mass is 16.6. The Balaban J connectivity index is 1.40. The molecular formula is C24H19N3O6. The van der Waals surface area contributed by atoms with Crippen molar-refractivity contribution in [2.24, 2.45) is 5.92 Å². The number of hydrogen-bond acceptors (Lipinski definition) is 6. The minimum absolute atomic E-state index is 0.0316. The fourth-order valence-corrected chi connectivity index (χ4v) is 3.53. The smallest absolute Gasteiger partial charge is 0.343 e. The minimum atomic E-state index is -0.762. The summed E-state index contributed by atoms with van der Waals surface area (Å²) in [6, 6.07) is 20.6. The number of benzene rings is 3. The summed E-state index contributed by atoms with van der Waals surface area (Å²) in [5.74, 6) is -1.56. The van der Waals surface area contributed by atoms with E-state index in [1.165, 1.54) is 30.3 Å². The van der Waals surface area contributed by atoms with Gasteiger partial charge in [-0.3, -0.25) is 19.7 Å². The number of anilines is 2. The average molecular weight is 445 g/mol. The van der Waals surface area contributed by atoms with Crippen molar-refractivity contribution < 1.29 is 24.0 Å². The number of carbonyl (C=O) groups excluding carboxylic acids is 3. The molecule has 3 aromatic carbocycles. The van der Waals surface area contributed by atoms with Crippen molar-refractivity contribution in [1.29, 1.82) is 0 Å². The molecule has 33 heavy (non-hydrogen) atoms. The second-order valence-electron chi connectivity index (χ2n) is 7.45. The topological polar surface area (TPSA) is 119 Å². The Morgan fingerprint density at radius 2 is 1.76 bits per heavy atom. The molecule has 0 bridgehead atoms. The molecule has 0 saturated carbocycles. The molecule has 0 radical (unpaired) electrons. The molecule has 1 fully saturated rings.